The van der Waals surface area contributed by atoms with Crippen molar-refractivity contribution in [3.8, 4) is 5.75 Å². The van der Waals surface area contributed by atoms with Crippen LogP contribution in [0.15, 0.2) is 76.1 Å². The van der Waals surface area contributed by atoms with Crippen molar-refractivity contribution in [2.75, 3.05) is 7.11 Å². The van der Waals surface area contributed by atoms with Gasteiger partial charge in [-0.2, -0.15) is 0 Å². The number of furan rings is 1. The molecule has 3 heterocycles. The Bertz CT molecular complexity index is 1520. The smallest absolute Gasteiger partial charge is 0.252 e. The van der Waals surface area contributed by atoms with Gasteiger partial charge in [-0.25, -0.2) is 4.68 Å². The van der Waals surface area contributed by atoms with E-state index in [0.717, 1.165) is 45.8 Å². The van der Waals surface area contributed by atoms with Gasteiger partial charge in [0, 0.05) is 17.6 Å². The molecule has 0 aliphatic rings. The Balaban J connectivity index is 1.48. The number of nitrogens with one attached hydrogen (secondary N) is 1. The average molecular weight is 499 g/mol. The first-order valence-corrected chi connectivity index (χ1v) is 12.3. The summed E-state index contributed by atoms with van der Waals surface area (Å²) in [5.74, 6) is 2.34. The second-order valence-electron chi connectivity index (χ2n) is 9.17. The molecule has 1 N–H and O–H groups in total. The highest BCUT2D eigenvalue weighted by atomic mass is 16.5. The molecule has 190 valence electrons. The van der Waals surface area contributed by atoms with Gasteiger partial charge in [-0.1, -0.05) is 31.2 Å². The Hall–Kier alpha value is -4.24. The summed E-state index contributed by atoms with van der Waals surface area (Å²) >= 11 is 0. The number of aromatic amines is 1. The highest BCUT2D eigenvalue weighted by Gasteiger charge is 2.27. The van der Waals surface area contributed by atoms with Crippen molar-refractivity contribution in [1.82, 2.24) is 30.1 Å². The molecule has 0 amide bonds. The van der Waals surface area contributed by atoms with Crippen molar-refractivity contribution in [1.29, 1.82) is 0 Å². The number of ether oxygens (including phenoxy) is 1. The lowest BCUT2D eigenvalue weighted by Gasteiger charge is -2.29. The summed E-state index contributed by atoms with van der Waals surface area (Å²) in [4.78, 5) is 18.3. The van der Waals surface area contributed by atoms with Crippen molar-refractivity contribution in [2.24, 2.45) is 0 Å². The van der Waals surface area contributed by atoms with Crippen LogP contribution in [0.5, 0.6) is 5.75 Å². The van der Waals surface area contributed by atoms with Crippen LogP contribution < -0.4 is 10.3 Å². The molecule has 0 saturated carbocycles. The maximum absolute atomic E-state index is 13.1. The topological polar surface area (TPSA) is 102 Å². The summed E-state index contributed by atoms with van der Waals surface area (Å²) < 4.78 is 12.8. The first-order valence-electron chi connectivity index (χ1n) is 12.3. The van der Waals surface area contributed by atoms with Crippen LogP contribution in [-0.4, -0.2) is 37.2 Å². The molecular formula is C28H30N6O3. The highest BCUT2D eigenvalue weighted by Crippen LogP contribution is 2.27. The molecule has 5 rings (SSSR count). The van der Waals surface area contributed by atoms with Crippen LogP contribution in [0.1, 0.15) is 47.7 Å². The molecule has 0 aliphatic heterocycles. The van der Waals surface area contributed by atoms with Gasteiger partial charge in [-0.3, -0.25) is 9.69 Å². The molecule has 0 bridgehead atoms. The maximum Gasteiger partial charge on any atom is 0.252 e. The lowest BCUT2D eigenvalue weighted by molar-refractivity contribution is 0.149. The minimum Gasteiger partial charge on any atom is -0.497 e. The second kappa shape index (κ2) is 10.8. The standard InChI is InChI=1S/C28H30N6O3/c1-4-26(27-30-31-32-34(27)16-20-8-11-23(36-3)12-9-20)33(18-24-6-5-13-37-24)17-22-15-21-10-7-19(2)14-25(21)29-28(22)35/h5-15,26H,4,16-18H2,1-3H3,(H,29,35). The van der Waals surface area contributed by atoms with Crippen LogP contribution in [0, 0.1) is 6.92 Å². The van der Waals surface area contributed by atoms with Crippen molar-refractivity contribution in [3.05, 3.63) is 106 Å². The normalized spacial score (nSPS) is 12.3. The van der Waals surface area contributed by atoms with Crippen LogP contribution in [0.3, 0.4) is 0 Å². The van der Waals surface area contributed by atoms with Gasteiger partial charge in [0.1, 0.15) is 11.5 Å². The number of hydrogen-bond donors (Lipinski definition) is 1. The van der Waals surface area contributed by atoms with Gasteiger partial charge in [0.25, 0.3) is 5.56 Å². The fraction of sp³-hybridized carbons (Fsp3) is 0.286. The molecule has 0 spiro atoms. The molecule has 1 unspecified atom stereocenters. The number of pyridine rings is 1. The summed E-state index contributed by atoms with van der Waals surface area (Å²) in [7, 11) is 1.65. The number of nitrogens with zero attached hydrogens (tertiary/aromatic N) is 5. The molecule has 37 heavy (non-hydrogen) atoms. The Morgan fingerprint density at radius 1 is 1.11 bits per heavy atom. The average Bonchev–Trinajstić information content (AvgIpc) is 3.58. The van der Waals surface area contributed by atoms with E-state index in [0.29, 0.717) is 25.2 Å². The Kier molecular flexibility index (Phi) is 7.14. The fourth-order valence-corrected chi connectivity index (χ4v) is 4.65. The molecule has 2 aromatic carbocycles. The molecule has 0 aliphatic carbocycles. The minimum absolute atomic E-state index is 0.102. The number of aromatic nitrogens is 5. The summed E-state index contributed by atoms with van der Waals surface area (Å²) in [6.07, 6.45) is 2.40. The third kappa shape index (κ3) is 5.46. The number of tetrazole rings is 1. The molecular weight excluding hydrogens is 468 g/mol. The molecule has 0 fully saturated rings. The van der Waals surface area contributed by atoms with E-state index >= 15 is 0 Å². The zero-order chi connectivity index (χ0) is 25.8. The van der Waals surface area contributed by atoms with Gasteiger partial charge in [0.2, 0.25) is 0 Å². The monoisotopic (exact) mass is 498 g/mol. The molecule has 9 nitrogen and oxygen atoms in total. The molecule has 1 atom stereocenters. The van der Waals surface area contributed by atoms with E-state index < -0.39 is 0 Å². The van der Waals surface area contributed by atoms with E-state index in [9.17, 15) is 4.79 Å². The largest absolute Gasteiger partial charge is 0.497 e. The molecule has 0 saturated heterocycles. The van der Waals surface area contributed by atoms with Crippen LogP contribution in [-0.2, 0) is 19.6 Å². The Labute approximate surface area is 214 Å². The van der Waals surface area contributed by atoms with Gasteiger partial charge < -0.3 is 14.1 Å². The predicted octanol–water partition coefficient (Wildman–Crippen LogP) is 4.63. The predicted molar refractivity (Wildman–Crippen MR) is 140 cm³/mol. The number of H-pyrrole nitrogens is 1. The van der Waals surface area contributed by atoms with Gasteiger partial charge in [-0.05, 0) is 76.7 Å². The summed E-state index contributed by atoms with van der Waals surface area (Å²) in [5, 5.41) is 13.7. The van der Waals surface area contributed by atoms with Crippen molar-refractivity contribution >= 4 is 10.9 Å². The number of methoxy groups -OCH3 is 1. The van der Waals surface area contributed by atoms with Crippen molar-refractivity contribution in [2.45, 2.75) is 45.9 Å². The fourth-order valence-electron chi connectivity index (χ4n) is 4.65. The Morgan fingerprint density at radius 2 is 1.95 bits per heavy atom. The first kappa shape index (κ1) is 24.5. The van der Waals surface area contributed by atoms with E-state index in [4.69, 9.17) is 9.15 Å². The van der Waals surface area contributed by atoms with E-state index in [-0.39, 0.29) is 11.6 Å². The minimum atomic E-state index is -0.147. The van der Waals surface area contributed by atoms with E-state index in [1.54, 1.807) is 13.4 Å². The van der Waals surface area contributed by atoms with Crippen molar-refractivity contribution < 1.29 is 9.15 Å². The lowest BCUT2D eigenvalue weighted by atomic mass is 10.1. The van der Waals surface area contributed by atoms with E-state index in [1.165, 1.54) is 0 Å². The number of rotatable bonds is 10. The third-order valence-corrected chi connectivity index (χ3v) is 6.57. The molecule has 9 heteroatoms. The second-order valence-corrected chi connectivity index (χ2v) is 9.17. The van der Waals surface area contributed by atoms with Gasteiger partial charge in [0.15, 0.2) is 5.82 Å². The van der Waals surface area contributed by atoms with Gasteiger partial charge in [-0.15, -0.1) is 5.10 Å². The maximum atomic E-state index is 13.1. The molecule has 0 radical (unpaired) electrons. The van der Waals surface area contributed by atoms with Crippen LogP contribution in [0.25, 0.3) is 10.9 Å². The summed E-state index contributed by atoms with van der Waals surface area (Å²) in [6.45, 7) is 5.55. The molecule has 3 aromatic heterocycles. The zero-order valence-electron chi connectivity index (χ0n) is 21.2. The third-order valence-electron chi connectivity index (χ3n) is 6.57. The van der Waals surface area contributed by atoms with Crippen LogP contribution >= 0.6 is 0 Å². The lowest BCUT2D eigenvalue weighted by Crippen LogP contribution is -2.32. The quantitative estimate of drug-likeness (QED) is 0.300. The summed E-state index contributed by atoms with van der Waals surface area (Å²) in [6, 6.07) is 19.6. The van der Waals surface area contributed by atoms with Crippen LogP contribution in [0.4, 0.5) is 0 Å². The van der Waals surface area contributed by atoms with Gasteiger partial charge in [0.05, 0.1) is 32.5 Å². The van der Waals surface area contributed by atoms with Gasteiger partial charge >= 0.3 is 0 Å². The number of hydrogen-bond acceptors (Lipinski definition) is 7. The SMILES string of the molecule is CCC(c1nnnn1Cc1ccc(OC)cc1)N(Cc1ccco1)Cc1cc2ccc(C)cc2[nH]c1=O. The number of benzene rings is 2. The van der Waals surface area contributed by atoms with Crippen LogP contribution in [0.2, 0.25) is 0 Å². The van der Waals surface area contributed by atoms with E-state index in [2.05, 4.69) is 32.3 Å². The summed E-state index contributed by atoms with van der Waals surface area (Å²) in [5.41, 5.74) is 3.57. The highest BCUT2D eigenvalue weighted by molar-refractivity contribution is 5.79. The number of aryl methyl sites for hydroxylation is 1. The van der Waals surface area contributed by atoms with Crippen molar-refractivity contribution in [3.63, 3.8) is 0 Å². The molecule has 5 aromatic rings. The first-order chi connectivity index (χ1) is 18.0. The number of fused-ring (bicyclic) bond motifs is 1. The Morgan fingerprint density at radius 3 is 2.68 bits per heavy atom. The zero-order valence-corrected chi connectivity index (χ0v) is 21.2. The van der Waals surface area contributed by atoms with E-state index in [1.807, 2.05) is 72.3 Å².